The lowest BCUT2D eigenvalue weighted by Crippen LogP contribution is -2.57. The van der Waals surface area contributed by atoms with Gasteiger partial charge in [0.05, 0.1) is 24.9 Å². The highest BCUT2D eigenvalue weighted by Crippen LogP contribution is 2.29. The molecule has 3 unspecified atom stereocenters. The second-order valence-electron chi connectivity index (χ2n) is 10.7. The Bertz CT molecular complexity index is 804. The first kappa shape index (κ1) is 28.2. The molecule has 0 aromatic rings. The van der Waals surface area contributed by atoms with Crippen LogP contribution in [-0.2, 0) is 14.3 Å². The zero-order valence-corrected chi connectivity index (χ0v) is 22.4. The predicted molar refractivity (Wildman–Crippen MR) is 137 cm³/mol. The lowest BCUT2D eigenvalue weighted by Gasteiger charge is -2.38. The molecule has 1 saturated carbocycles. The number of nitrogens with zero attached hydrogens (tertiary/aromatic N) is 4. The fourth-order valence-corrected chi connectivity index (χ4v) is 5.49. The molecule has 2 N–H and O–H groups in total. The van der Waals surface area contributed by atoms with Crippen LogP contribution >= 0.6 is 0 Å². The standard InChI is InChI=1S/C26H44N6O4/c1-5-35-25(34)29-24(32-16-19(2)36-20(3)17-32)28-22(15-21-9-7-6-8-10-21)23(33)30-26(18-27)11-13-31(4)14-12-26/h19-22H,5-17H2,1-4H3,(H,30,33)(H,28,29,34). The smallest absolute Gasteiger partial charge is 0.413 e. The number of guanidine groups is 1. The molecule has 2 amide bonds. The van der Waals surface area contributed by atoms with Crippen LogP contribution in [0, 0.1) is 17.2 Å². The Morgan fingerprint density at radius 2 is 1.81 bits per heavy atom. The summed E-state index contributed by atoms with van der Waals surface area (Å²) in [5, 5.41) is 15.9. The lowest BCUT2D eigenvalue weighted by atomic mass is 9.84. The van der Waals surface area contributed by atoms with Crippen LogP contribution in [-0.4, -0.2) is 91.4 Å². The van der Waals surface area contributed by atoms with Crippen LogP contribution in [0.25, 0.3) is 0 Å². The third kappa shape index (κ3) is 8.07. The average molecular weight is 505 g/mol. The summed E-state index contributed by atoms with van der Waals surface area (Å²) in [6.45, 7) is 8.54. The first-order valence-electron chi connectivity index (χ1n) is 13.6. The Hall–Kier alpha value is -2.38. The van der Waals surface area contributed by atoms with Gasteiger partial charge in [-0.25, -0.2) is 9.79 Å². The monoisotopic (exact) mass is 504 g/mol. The van der Waals surface area contributed by atoms with Crippen molar-refractivity contribution in [1.29, 1.82) is 5.26 Å². The molecule has 36 heavy (non-hydrogen) atoms. The maximum atomic E-state index is 13.7. The molecule has 202 valence electrons. The SMILES string of the molecule is CCOC(=O)NC(=NC(CC1CCCCC1)C(=O)NC1(C#N)CCN(C)CC1)N1CC(C)OC(C)C1. The molecule has 3 aliphatic rings. The molecule has 2 saturated heterocycles. The third-order valence-electron chi connectivity index (χ3n) is 7.49. The molecule has 2 aliphatic heterocycles. The molecule has 3 atom stereocenters. The van der Waals surface area contributed by atoms with Crippen molar-refractivity contribution < 1.29 is 19.1 Å². The Balaban J connectivity index is 1.88. The van der Waals surface area contributed by atoms with E-state index in [9.17, 15) is 14.9 Å². The zero-order chi connectivity index (χ0) is 26.1. The number of carbonyl (C=O) groups excluding carboxylic acids is 2. The number of alkyl carbamates (subject to hydrolysis) is 1. The summed E-state index contributed by atoms with van der Waals surface area (Å²) in [4.78, 5) is 35.2. The molecule has 0 aromatic heterocycles. The number of likely N-dealkylation sites (tertiary alicyclic amines) is 1. The second-order valence-corrected chi connectivity index (χ2v) is 10.7. The molecular formula is C26H44N6O4. The number of carbonyl (C=O) groups is 2. The van der Waals surface area contributed by atoms with Gasteiger partial charge in [-0.05, 0) is 53.0 Å². The number of ether oxygens (including phenoxy) is 2. The number of piperidine rings is 1. The number of nitrogens with one attached hydrogen (secondary N) is 2. The van der Waals surface area contributed by atoms with E-state index in [0.717, 1.165) is 38.8 Å². The minimum atomic E-state index is -0.888. The zero-order valence-electron chi connectivity index (χ0n) is 22.4. The highest BCUT2D eigenvalue weighted by atomic mass is 16.5. The van der Waals surface area contributed by atoms with Gasteiger partial charge in [-0.1, -0.05) is 32.1 Å². The molecule has 2 heterocycles. The summed E-state index contributed by atoms with van der Waals surface area (Å²) in [6.07, 6.45) is 6.74. The number of hydrogen-bond acceptors (Lipinski definition) is 7. The fourth-order valence-electron chi connectivity index (χ4n) is 5.49. The van der Waals surface area contributed by atoms with Crippen LogP contribution < -0.4 is 10.6 Å². The summed E-state index contributed by atoms with van der Waals surface area (Å²) in [6, 6.07) is 1.68. The minimum Gasteiger partial charge on any atom is -0.450 e. The summed E-state index contributed by atoms with van der Waals surface area (Å²) >= 11 is 0. The lowest BCUT2D eigenvalue weighted by molar-refractivity contribution is -0.124. The Morgan fingerprint density at radius 3 is 2.39 bits per heavy atom. The van der Waals surface area contributed by atoms with E-state index >= 15 is 0 Å². The number of rotatable bonds is 6. The topological polar surface area (TPSA) is 119 Å². The van der Waals surface area contributed by atoms with Gasteiger partial charge >= 0.3 is 6.09 Å². The van der Waals surface area contributed by atoms with Crippen molar-refractivity contribution in [3.63, 3.8) is 0 Å². The van der Waals surface area contributed by atoms with Crippen LogP contribution in [0.1, 0.15) is 72.1 Å². The molecule has 0 bridgehead atoms. The van der Waals surface area contributed by atoms with Gasteiger partial charge in [0, 0.05) is 26.2 Å². The molecule has 10 heteroatoms. The molecule has 10 nitrogen and oxygen atoms in total. The van der Waals surface area contributed by atoms with Crippen molar-refractivity contribution in [2.45, 2.75) is 95.9 Å². The van der Waals surface area contributed by atoms with E-state index in [0.29, 0.717) is 44.2 Å². The van der Waals surface area contributed by atoms with E-state index in [2.05, 4.69) is 21.6 Å². The highest BCUT2D eigenvalue weighted by Gasteiger charge is 2.38. The average Bonchev–Trinajstić information content (AvgIpc) is 2.85. The Labute approximate surface area is 215 Å². The van der Waals surface area contributed by atoms with Gasteiger partial charge in [0.1, 0.15) is 11.6 Å². The number of nitriles is 1. The van der Waals surface area contributed by atoms with Gasteiger partial charge in [-0.15, -0.1) is 0 Å². The molecular weight excluding hydrogens is 460 g/mol. The quantitative estimate of drug-likeness (QED) is 0.422. The first-order chi connectivity index (χ1) is 17.2. The first-order valence-corrected chi connectivity index (χ1v) is 13.6. The van der Waals surface area contributed by atoms with E-state index in [4.69, 9.17) is 14.5 Å². The maximum Gasteiger partial charge on any atom is 0.413 e. The van der Waals surface area contributed by atoms with Crippen LogP contribution in [0.3, 0.4) is 0 Å². The predicted octanol–water partition coefficient (Wildman–Crippen LogP) is 2.64. The van der Waals surface area contributed by atoms with Crippen molar-refractivity contribution in [3.05, 3.63) is 0 Å². The van der Waals surface area contributed by atoms with Gasteiger partial charge < -0.3 is 24.6 Å². The molecule has 0 radical (unpaired) electrons. The molecule has 0 aromatic carbocycles. The molecule has 3 fully saturated rings. The summed E-state index contributed by atoms with van der Waals surface area (Å²) in [7, 11) is 2.02. The van der Waals surface area contributed by atoms with Crippen molar-refractivity contribution >= 4 is 18.0 Å². The van der Waals surface area contributed by atoms with E-state index in [1.54, 1.807) is 6.92 Å². The number of amides is 2. The Kier molecular flexibility index (Phi) is 10.4. The minimum absolute atomic E-state index is 0.0466. The number of morpholine rings is 1. The third-order valence-corrected chi connectivity index (χ3v) is 7.49. The van der Waals surface area contributed by atoms with Crippen molar-refractivity contribution in [2.24, 2.45) is 10.9 Å². The summed E-state index contributed by atoms with van der Waals surface area (Å²) in [5.41, 5.74) is -0.888. The highest BCUT2D eigenvalue weighted by molar-refractivity contribution is 5.96. The fraction of sp³-hybridized carbons (Fsp3) is 0.846. The van der Waals surface area contributed by atoms with Crippen LogP contribution in [0.4, 0.5) is 4.79 Å². The van der Waals surface area contributed by atoms with Crippen LogP contribution in [0.2, 0.25) is 0 Å². The molecule has 3 rings (SSSR count). The van der Waals surface area contributed by atoms with Crippen molar-refractivity contribution in [2.75, 3.05) is 39.8 Å². The van der Waals surface area contributed by atoms with Gasteiger partial charge in [0.2, 0.25) is 11.9 Å². The van der Waals surface area contributed by atoms with E-state index in [1.165, 1.54) is 6.42 Å². The van der Waals surface area contributed by atoms with Gasteiger partial charge in [-0.3, -0.25) is 10.1 Å². The summed E-state index contributed by atoms with van der Waals surface area (Å²) < 4.78 is 11.0. The Morgan fingerprint density at radius 1 is 1.17 bits per heavy atom. The van der Waals surface area contributed by atoms with E-state index < -0.39 is 17.7 Å². The molecule has 0 spiro atoms. The van der Waals surface area contributed by atoms with Crippen molar-refractivity contribution in [3.8, 4) is 6.07 Å². The number of hydrogen-bond donors (Lipinski definition) is 2. The van der Waals surface area contributed by atoms with Gasteiger partial charge in [0.15, 0.2) is 0 Å². The van der Waals surface area contributed by atoms with Crippen LogP contribution in [0.5, 0.6) is 0 Å². The van der Waals surface area contributed by atoms with Gasteiger partial charge in [-0.2, -0.15) is 5.26 Å². The van der Waals surface area contributed by atoms with E-state index in [-0.39, 0.29) is 24.7 Å². The van der Waals surface area contributed by atoms with Crippen molar-refractivity contribution in [1.82, 2.24) is 20.4 Å². The van der Waals surface area contributed by atoms with Gasteiger partial charge in [0.25, 0.3) is 0 Å². The van der Waals surface area contributed by atoms with Crippen LogP contribution in [0.15, 0.2) is 4.99 Å². The maximum absolute atomic E-state index is 13.7. The van der Waals surface area contributed by atoms with E-state index in [1.807, 2.05) is 25.8 Å². The molecule has 1 aliphatic carbocycles. The summed E-state index contributed by atoms with van der Waals surface area (Å²) in [5.74, 6) is 0.477. The normalized spacial score (nSPS) is 26.5. The second kappa shape index (κ2) is 13.2. The largest absolute Gasteiger partial charge is 0.450 e. The number of aliphatic imine (C=N–C) groups is 1.